The summed E-state index contributed by atoms with van der Waals surface area (Å²) in [5.41, 5.74) is 9.94. The third-order valence-electron chi connectivity index (χ3n) is 6.02. The van der Waals surface area contributed by atoms with Gasteiger partial charge in [-0.05, 0) is 68.8 Å². The third kappa shape index (κ3) is 5.99. The molecule has 0 unspecified atom stereocenters. The lowest BCUT2D eigenvalue weighted by atomic mass is 10.1. The van der Waals surface area contributed by atoms with E-state index in [9.17, 15) is 9.59 Å². The number of nitrogens with zero attached hydrogens (tertiary/aromatic N) is 4. The highest BCUT2D eigenvalue weighted by Gasteiger charge is 2.15. The number of amides is 3. The Hall–Kier alpha value is -5.45. The summed E-state index contributed by atoms with van der Waals surface area (Å²) in [6, 6.07) is 20.7. The number of benzene rings is 2. The number of carbonyl (C=O) groups is 2. The Labute approximate surface area is 230 Å². The predicted octanol–water partition coefficient (Wildman–Crippen LogP) is 5.00. The van der Waals surface area contributed by atoms with E-state index in [1.54, 1.807) is 65.3 Å². The molecule has 0 bridgehead atoms. The van der Waals surface area contributed by atoms with Crippen molar-refractivity contribution in [2.24, 2.45) is 0 Å². The van der Waals surface area contributed by atoms with Crippen molar-refractivity contribution in [2.45, 2.75) is 27.3 Å². The molecule has 11 nitrogen and oxygen atoms in total. The van der Waals surface area contributed by atoms with Gasteiger partial charge in [-0.25, -0.2) is 19.4 Å². The summed E-state index contributed by atoms with van der Waals surface area (Å²) < 4.78 is 7.39. The van der Waals surface area contributed by atoms with Gasteiger partial charge in [0, 0.05) is 23.9 Å². The van der Waals surface area contributed by atoms with E-state index in [4.69, 9.17) is 10.2 Å². The number of hydrogen-bond donors (Lipinski definition) is 4. The maximum absolute atomic E-state index is 12.8. The van der Waals surface area contributed by atoms with Gasteiger partial charge in [-0.2, -0.15) is 5.10 Å². The summed E-state index contributed by atoms with van der Waals surface area (Å²) in [5, 5.41) is 12.9. The first-order valence-electron chi connectivity index (χ1n) is 12.5. The van der Waals surface area contributed by atoms with Crippen LogP contribution in [-0.4, -0.2) is 31.7 Å². The van der Waals surface area contributed by atoms with Crippen molar-refractivity contribution in [1.82, 2.24) is 25.1 Å². The fourth-order valence-corrected chi connectivity index (χ4v) is 4.05. The average Bonchev–Trinajstić information content (AvgIpc) is 3.53. The first-order valence-corrected chi connectivity index (χ1v) is 12.5. The lowest BCUT2D eigenvalue weighted by Gasteiger charge is -2.11. The molecule has 0 aliphatic carbocycles. The number of nitrogen functional groups attached to an aromatic ring is 1. The van der Waals surface area contributed by atoms with Crippen molar-refractivity contribution in [2.75, 3.05) is 16.4 Å². The number of furan rings is 1. The van der Waals surface area contributed by atoms with Crippen LogP contribution >= 0.6 is 0 Å². The van der Waals surface area contributed by atoms with Crippen LogP contribution in [0.5, 0.6) is 0 Å². The Morgan fingerprint density at radius 1 is 0.925 bits per heavy atom. The zero-order chi connectivity index (χ0) is 28.2. The molecule has 3 aromatic heterocycles. The lowest BCUT2D eigenvalue weighted by Crippen LogP contribution is -2.28. The Morgan fingerprint density at radius 2 is 1.70 bits per heavy atom. The molecule has 0 spiro atoms. The third-order valence-corrected chi connectivity index (χ3v) is 6.02. The van der Waals surface area contributed by atoms with E-state index in [0.717, 1.165) is 22.7 Å². The van der Waals surface area contributed by atoms with Crippen molar-refractivity contribution in [3.8, 4) is 17.4 Å². The largest absolute Gasteiger partial charge is 0.458 e. The summed E-state index contributed by atoms with van der Waals surface area (Å²) in [4.78, 5) is 34.4. The number of rotatable bonds is 7. The minimum atomic E-state index is -0.457. The highest BCUT2D eigenvalue weighted by atomic mass is 16.3. The molecule has 11 heteroatoms. The topological polar surface area (TPSA) is 153 Å². The molecule has 5 N–H and O–H groups in total. The van der Waals surface area contributed by atoms with Crippen LogP contribution in [0.3, 0.4) is 0 Å². The van der Waals surface area contributed by atoms with E-state index in [-0.39, 0.29) is 18.3 Å². The highest BCUT2D eigenvalue weighted by molar-refractivity contribution is 6.05. The van der Waals surface area contributed by atoms with Gasteiger partial charge in [-0.1, -0.05) is 24.3 Å². The molecule has 0 atom stereocenters. The van der Waals surface area contributed by atoms with Gasteiger partial charge in [-0.3, -0.25) is 10.1 Å². The quantitative estimate of drug-likeness (QED) is 0.213. The van der Waals surface area contributed by atoms with Crippen LogP contribution in [-0.2, 0) is 6.54 Å². The number of aryl methyl sites for hydroxylation is 3. The second-order valence-electron chi connectivity index (χ2n) is 9.23. The Morgan fingerprint density at radius 3 is 2.38 bits per heavy atom. The van der Waals surface area contributed by atoms with Gasteiger partial charge in [0.15, 0.2) is 17.4 Å². The molecule has 5 aromatic rings. The summed E-state index contributed by atoms with van der Waals surface area (Å²) in [6.45, 7) is 5.88. The van der Waals surface area contributed by atoms with Gasteiger partial charge >= 0.3 is 6.03 Å². The minimum Gasteiger partial charge on any atom is -0.458 e. The summed E-state index contributed by atoms with van der Waals surface area (Å²) in [5.74, 6) is 2.01. The standard InChI is InChI=1S/C29H28N8O3/c1-17-14-18(2)37(36-17)26-15-25(33-27(35-26)24-13-8-19(3)40-24)34-29(39)31-16-20-9-11-21(12-10-20)28(38)32-23-7-5-4-6-22(23)30/h4-15H,16,30H2,1-3H3,(H,32,38)(H2,31,33,34,35,39). The Balaban J connectivity index is 1.26. The molecule has 0 aliphatic rings. The number of anilines is 3. The fraction of sp³-hybridized carbons (Fsp3) is 0.138. The van der Waals surface area contributed by atoms with Crippen molar-refractivity contribution < 1.29 is 14.0 Å². The van der Waals surface area contributed by atoms with Crippen molar-refractivity contribution >= 4 is 29.1 Å². The van der Waals surface area contributed by atoms with Crippen molar-refractivity contribution in [3.05, 3.63) is 101 Å². The van der Waals surface area contributed by atoms with Gasteiger partial charge in [0.05, 0.1) is 17.1 Å². The molecule has 0 radical (unpaired) electrons. The van der Waals surface area contributed by atoms with Crippen LogP contribution in [0.25, 0.3) is 17.4 Å². The van der Waals surface area contributed by atoms with E-state index >= 15 is 0 Å². The van der Waals surface area contributed by atoms with Crippen LogP contribution < -0.4 is 21.7 Å². The van der Waals surface area contributed by atoms with Crippen LogP contribution in [0.4, 0.5) is 22.0 Å². The normalized spacial score (nSPS) is 10.8. The van der Waals surface area contributed by atoms with Crippen molar-refractivity contribution in [3.63, 3.8) is 0 Å². The number of para-hydroxylation sites is 2. The SMILES string of the molecule is Cc1cc(C)n(-c2cc(NC(=O)NCc3ccc(C(=O)Nc4ccccc4N)cc3)nc(-c3ccc(C)o3)n2)n1. The van der Waals surface area contributed by atoms with Crippen LogP contribution in [0, 0.1) is 20.8 Å². The van der Waals surface area contributed by atoms with E-state index in [0.29, 0.717) is 34.3 Å². The van der Waals surface area contributed by atoms with Crippen LogP contribution in [0.15, 0.2) is 77.2 Å². The van der Waals surface area contributed by atoms with Gasteiger partial charge in [0.1, 0.15) is 11.6 Å². The lowest BCUT2D eigenvalue weighted by molar-refractivity contribution is 0.102. The maximum atomic E-state index is 12.8. The first-order chi connectivity index (χ1) is 19.2. The highest BCUT2D eigenvalue weighted by Crippen LogP contribution is 2.23. The molecule has 5 rings (SSSR count). The molecule has 202 valence electrons. The van der Waals surface area contributed by atoms with Gasteiger partial charge < -0.3 is 20.8 Å². The number of hydrogen-bond acceptors (Lipinski definition) is 7. The number of urea groups is 1. The molecular formula is C29H28N8O3. The molecule has 0 aliphatic heterocycles. The molecule has 0 fully saturated rings. The molecule has 2 aromatic carbocycles. The molecule has 3 amide bonds. The zero-order valence-electron chi connectivity index (χ0n) is 22.2. The predicted molar refractivity (Wildman–Crippen MR) is 152 cm³/mol. The molecule has 3 heterocycles. The first kappa shape index (κ1) is 26.2. The van der Waals surface area contributed by atoms with E-state index in [2.05, 4.69) is 31.0 Å². The van der Waals surface area contributed by atoms with Gasteiger partial charge in [0.2, 0.25) is 0 Å². The van der Waals surface area contributed by atoms with Gasteiger partial charge in [-0.15, -0.1) is 0 Å². The molecule has 0 saturated carbocycles. The minimum absolute atomic E-state index is 0.235. The zero-order valence-corrected chi connectivity index (χ0v) is 22.2. The van der Waals surface area contributed by atoms with E-state index in [1.807, 2.05) is 32.9 Å². The van der Waals surface area contributed by atoms with E-state index < -0.39 is 6.03 Å². The monoisotopic (exact) mass is 536 g/mol. The second-order valence-corrected chi connectivity index (χ2v) is 9.23. The second kappa shape index (κ2) is 11.1. The Kier molecular flexibility index (Phi) is 7.27. The summed E-state index contributed by atoms with van der Waals surface area (Å²) in [7, 11) is 0. The van der Waals surface area contributed by atoms with Crippen LogP contribution in [0.2, 0.25) is 0 Å². The molecule has 40 heavy (non-hydrogen) atoms. The summed E-state index contributed by atoms with van der Waals surface area (Å²) in [6.07, 6.45) is 0. The van der Waals surface area contributed by atoms with E-state index in [1.165, 1.54) is 0 Å². The maximum Gasteiger partial charge on any atom is 0.320 e. The van der Waals surface area contributed by atoms with Crippen LogP contribution in [0.1, 0.15) is 33.1 Å². The average molecular weight is 537 g/mol. The van der Waals surface area contributed by atoms with Crippen molar-refractivity contribution in [1.29, 1.82) is 0 Å². The Bertz CT molecular complexity index is 1690. The molecular weight excluding hydrogens is 508 g/mol. The summed E-state index contributed by atoms with van der Waals surface area (Å²) >= 11 is 0. The number of aromatic nitrogens is 4. The number of nitrogens with two attached hydrogens (primary N) is 1. The number of carbonyl (C=O) groups excluding carboxylic acids is 2. The molecule has 0 saturated heterocycles. The van der Waals surface area contributed by atoms with Gasteiger partial charge in [0.25, 0.3) is 5.91 Å². The number of nitrogens with one attached hydrogen (secondary N) is 3. The fourth-order valence-electron chi connectivity index (χ4n) is 4.05. The smallest absolute Gasteiger partial charge is 0.320 e.